The second-order valence-corrected chi connectivity index (χ2v) is 8.88. The fourth-order valence-corrected chi connectivity index (χ4v) is 4.26. The predicted molar refractivity (Wildman–Crippen MR) is 97.0 cm³/mol. The van der Waals surface area contributed by atoms with Crippen LogP contribution in [0.2, 0.25) is 0 Å². The van der Waals surface area contributed by atoms with Crippen LogP contribution in [0.4, 0.5) is 0 Å². The molecule has 2 fully saturated rings. The zero-order valence-electron chi connectivity index (χ0n) is 14.5. The molecular formula is C19H28N2OS. The molecule has 2 saturated heterocycles. The molecule has 0 radical (unpaired) electrons. The molecule has 4 heteroatoms. The Labute approximate surface area is 144 Å². The van der Waals surface area contributed by atoms with Crippen LogP contribution in [0.5, 0.6) is 0 Å². The topological polar surface area (TPSA) is 32.3 Å². The van der Waals surface area contributed by atoms with Crippen LogP contribution in [0.3, 0.4) is 0 Å². The van der Waals surface area contributed by atoms with Gasteiger partial charge in [-0.1, -0.05) is 32.9 Å². The van der Waals surface area contributed by atoms with Crippen molar-refractivity contribution in [3.8, 4) is 0 Å². The van der Waals surface area contributed by atoms with Gasteiger partial charge in [-0.05, 0) is 42.4 Å². The van der Waals surface area contributed by atoms with Gasteiger partial charge in [0, 0.05) is 30.1 Å². The first-order valence-electron chi connectivity index (χ1n) is 8.69. The van der Waals surface area contributed by atoms with Gasteiger partial charge in [0.25, 0.3) is 0 Å². The molecule has 23 heavy (non-hydrogen) atoms. The van der Waals surface area contributed by atoms with E-state index in [9.17, 15) is 4.79 Å². The van der Waals surface area contributed by atoms with E-state index in [-0.39, 0.29) is 11.3 Å². The van der Waals surface area contributed by atoms with E-state index in [0.29, 0.717) is 17.8 Å². The molecule has 1 amide bonds. The van der Waals surface area contributed by atoms with Gasteiger partial charge in [-0.3, -0.25) is 4.79 Å². The van der Waals surface area contributed by atoms with E-state index in [1.54, 1.807) is 11.8 Å². The van der Waals surface area contributed by atoms with Gasteiger partial charge in [0.05, 0.1) is 5.75 Å². The van der Waals surface area contributed by atoms with E-state index < -0.39 is 0 Å². The number of amides is 1. The number of carbonyl (C=O) groups excluding carboxylic acids is 1. The van der Waals surface area contributed by atoms with E-state index in [1.807, 2.05) is 0 Å². The van der Waals surface area contributed by atoms with E-state index in [1.165, 1.54) is 23.3 Å². The van der Waals surface area contributed by atoms with Crippen molar-refractivity contribution in [3.05, 3.63) is 29.8 Å². The Morgan fingerprint density at radius 2 is 1.87 bits per heavy atom. The number of fused-ring (bicyclic) bond motifs is 2. The summed E-state index contributed by atoms with van der Waals surface area (Å²) in [7, 11) is 0. The summed E-state index contributed by atoms with van der Waals surface area (Å²) in [5.41, 5.74) is 1.51. The molecule has 1 N–H and O–H groups in total. The first kappa shape index (κ1) is 16.8. The van der Waals surface area contributed by atoms with Crippen LogP contribution >= 0.6 is 11.8 Å². The van der Waals surface area contributed by atoms with Gasteiger partial charge in [0.15, 0.2) is 0 Å². The second-order valence-electron chi connectivity index (χ2n) is 7.83. The molecule has 126 valence electrons. The number of nitrogens with one attached hydrogen (secondary N) is 1. The molecule has 2 unspecified atom stereocenters. The number of likely N-dealkylation sites (tertiary alicyclic amines) is 1. The second kappa shape index (κ2) is 6.86. The molecule has 2 aliphatic rings. The Balaban J connectivity index is 1.52. The molecule has 2 heterocycles. The Kier molecular flexibility index (Phi) is 5.02. The van der Waals surface area contributed by atoms with Crippen molar-refractivity contribution in [2.45, 2.75) is 62.4 Å². The average molecular weight is 333 g/mol. The molecule has 2 aliphatic heterocycles. The summed E-state index contributed by atoms with van der Waals surface area (Å²) in [6.07, 6.45) is 3.60. The van der Waals surface area contributed by atoms with Gasteiger partial charge in [-0.2, -0.15) is 0 Å². The van der Waals surface area contributed by atoms with Crippen molar-refractivity contribution in [2.24, 2.45) is 0 Å². The minimum absolute atomic E-state index is 0.178. The van der Waals surface area contributed by atoms with E-state index >= 15 is 0 Å². The summed E-state index contributed by atoms with van der Waals surface area (Å²) in [6.45, 7) is 8.47. The monoisotopic (exact) mass is 332 g/mol. The Hall–Kier alpha value is -1.00. The minimum Gasteiger partial charge on any atom is -0.340 e. The van der Waals surface area contributed by atoms with Crippen LogP contribution in [0.1, 0.15) is 45.6 Å². The van der Waals surface area contributed by atoms with Crippen molar-refractivity contribution < 1.29 is 4.79 Å². The van der Waals surface area contributed by atoms with Gasteiger partial charge in [-0.15, -0.1) is 11.8 Å². The predicted octanol–water partition coefficient (Wildman–Crippen LogP) is 3.43. The molecule has 0 aliphatic carbocycles. The third-order valence-corrected chi connectivity index (χ3v) is 5.96. The molecular weight excluding hydrogens is 304 g/mol. The maximum Gasteiger partial charge on any atom is 0.232 e. The molecule has 0 saturated carbocycles. The Bertz CT molecular complexity index is 549. The van der Waals surface area contributed by atoms with Crippen LogP contribution in [-0.2, 0) is 10.2 Å². The number of thioether (sulfide) groups is 1. The summed E-state index contributed by atoms with van der Waals surface area (Å²) in [5, 5.41) is 3.63. The number of carbonyl (C=O) groups is 1. The molecule has 3 nitrogen and oxygen atoms in total. The molecule has 1 aromatic carbocycles. The molecule has 2 bridgehead atoms. The lowest BCUT2D eigenvalue weighted by Crippen LogP contribution is -2.39. The van der Waals surface area contributed by atoms with E-state index in [4.69, 9.17) is 0 Å². The van der Waals surface area contributed by atoms with Crippen LogP contribution < -0.4 is 5.32 Å². The molecule has 0 aromatic heterocycles. The van der Waals surface area contributed by atoms with Crippen LogP contribution in [0.25, 0.3) is 0 Å². The van der Waals surface area contributed by atoms with Crippen LogP contribution in [-0.4, -0.2) is 41.7 Å². The van der Waals surface area contributed by atoms with Gasteiger partial charge >= 0.3 is 0 Å². The van der Waals surface area contributed by atoms with Crippen LogP contribution in [0, 0.1) is 0 Å². The Morgan fingerprint density at radius 1 is 1.17 bits per heavy atom. The normalized spacial score (nSPS) is 24.6. The first-order valence-corrected chi connectivity index (χ1v) is 9.67. The standard InChI is InChI=1S/C19H28N2OS/c1-19(2,3)14-4-8-17(9-5-14)23-13-18(22)21-11-10-15-6-7-16(12-21)20-15/h4-5,8-9,15-16,20H,6-7,10-13H2,1-3H3. The number of nitrogens with zero attached hydrogens (tertiary/aromatic N) is 1. The van der Waals surface area contributed by atoms with Crippen molar-refractivity contribution >= 4 is 17.7 Å². The van der Waals surface area contributed by atoms with Gasteiger partial charge in [-0.25, -0.2) is 0 Å². The lowest BCUT2D eigenvalue weighted by Gasteiger charge is -2.24. The maximum atomic E-state index is 12.5. The summed E-state index contributed by atoms with van der Waals surface area (Å²) in [4.78, 5) is 15.7. The zero-order valence-corrected chi connectivity index (χ0v) is 15.3. The molecule has 2 atom stereocenters. The number of benzene rings is 1. The fraction of sp³-hybridized carbons (Fsp3) is 0.632. The average Bonchev–Trinajstić information content (AvgIpc) is 2.83. The van der Waals surface area contributed by atoms with Gasteiger partial charge in [0.1, 0.15) is 0 Å². The third kappa shape index (κ3) is 4.30. The highest BCUT2D eigenvalue weighted by Crippen LogP contribution is 2.26. The minimum atomic E-state index is 0.178. The quantitative estimate of drug-likeness (QED) is 0.861. The van der Waals surface area contributed by atoms with Crippen molar-refractivity contribution in [1.82, 2.24) is 10.2 Å². The largest absolute Gasteiger partial charge is 0.340 e. The summed E-state index contributed by atoms with van der Waals surface area (Å²) >= 11 is 1.66. The highest BCUT2D eigenvalue weighted by molar-refractivity contribution is 8.00. The first-order chi connectivity index (χ1) is 10.9. The highest BCUT2D eigenvalue weighted by atomic mass is 32.2. The summed E-state index contributed by atoms with van der Waals surface area (Å²) < 4.78 is 0. The third-order valence-electron chi connectivity index (χ3n) is 4.96. The van der Waals surface area contributed by atoms with Gasteiger partial charge in [0.2, 0.25) is 5.91 Å². The maximum absolute atomic E-state index is 12.5. The number of hydrogen-bond donors (Lipinski definition) is 1. The fourth-order valence-electron chi connectivity index (χ4n) is 3.46. The SMILES string of the molecule is CC(C)(C)c1ccc(SCC(=O)N2CCC3CCC(C2)N3)cc1. The highest BCUT2D eigenvalue weighted by Gasteiger charge is 2.30. The van der Waals surface area contributed by atoms with Crippen molar-refractivity contribution in [1.29, 1.82) is 0 Å². The lowest BCUT2D eigenvalue weighted by atomic mass is 9.87. The van der Waals surface area contributed by atoms with Crippen molar-refractivity contribution in [2.75, 3.05) is 18.8 Å². The number of rotatable bonds is 3. The summed E-state index contributed by atoms with van der Waals surface area (Å²) in [6, 6.07) is 9.80. The zero-order chi connectivity index (χ0) is 16.4. The molecule has 3 rings (SSSR count). The van der Waals surface area contributed by atoms with E-state index in [2.05, 4.69) is 55.3 Å². The number of hydrogen-bond acceptors (Lipinski definition) is 3. The lowest BCUT2D eigenvalue weighted by molar-refractivity contribution is -0.128. The van der Waals surface area contributed by atoms with E-state index in [0.717, 1.165) is 19.5 Å². The molecule has 0 spiro atoms. The smallest absolute Gasteiger partial charge is 0.232 e. The van der Waals surface area contributed by atoms with Gasteiger partial charge < -0.3 is 10.2 Å². The Morgan fingerprint density at radius 3 is 2.57 bits per heavy atom. The van der Waals surface area contributed by atoms with Crippen LogP contribution in [0.15, 0.2) is 29.2 Å². The van der Waals surface area contributed by atoms with Crippen molar-refractivity contribution in [3.63, 3.8) is 0 Å². The molecule has 1 aromatic rings. The summed E-state index contributed by atoms with van der Waals surface area (Å²) in [5.74, 6) is 0.830.